The van der Waals surface area contributed by atoms with E-state index in [9.17, 15) is 9.59 Å². The van der Waals surface area contributed by atoms with Crippen LogP contribution in [0.15, 0.2) is 12.4 Å². The summed E-state index contributed by atoms with van der Waals surface area (Å²) in [5.74, 6) is -0.492. The Morgan fingerprint density at radius 3 is 3.00 bits per heavy atom. The lowest BCUT2D eigenvalue weighted by Gasteiger charge is -2.16. The van der Waals surface area contributed by atoms with Gasteiger partial charge in [0.2, 0.25) is 0 Å². The van der Waals surface area contributed by atoms with Gasteiger partial charge in [-0.2, -0.15) is 5.10 Å². The van der Waals surface area contributed by atoms with E-state index in [4.69, 9.17) is 5.11 Å². The summed E-state index contributed by atoms with van der Waals surface area (Å²) in [7, 11) is 1.79. The number of rotatable bonds is 4. The number of anilines is 1. The number of hydrogen-bond donors (Lipinski definition) is 2. The zero-order valence-electron chi connectivity index (χ0n) is 10.9. The van der Waals surface area contributed by atoms with Gasteiger partial charge in [-0.05, 0) is 18.8 Å². The molecule has 1 aromatic rings. The molecule has 0 bridgehead atoms. The maximum atomic E-state index is 12.0. The van der Waals surface area contributed by atoms with Crippen molar-refractivity contribution in [3.05, 3.63) is 12.4 Å². The molecule has 1 aliphatic rings. The van der Waals surface area contributed by atoms with Crippen molar-refractivity contribution in [2.24, 2.45) is 13.0 Å². The SMILES string of the molecule is Cn1cc(NC(=O)N2CCC(CCC(=O)O)C2)cn1. The standard InChI is InChI=1S/C12H18N4O3/c1-15-8-10(6-13-15)14-12(19)16-5-4-9(7-16)2-3-11(17)18/h6,8-9H,2-5,7H2,1H3,(H,14,19)(H,17,18). The molecule has 7 nitrogen and oxygen atoms in total. The monoisotopic (exact) mass is 266 g/mol. The van der Waals surface area contributed by atoms with Gasteiger partial charge in [0.1, 0.15) is 0 Å². The van der Waals surface area contributed by atoms with E-state index in [0.717, 1.165) is 6.42 Å². The molecule has 1 aromatic heterocycles. The third kappa shape index (κ3) is 3.70. The molecule has 0 aromatic carbocycles. The summed E-state index contributed by atoms with van der Waals surface area (Å²) in [4.78, 5) is 24.2. The Morgan fingerprint density at radius 1 is 1.58 bits per heavy atom. The van der Waals surface area contributed by atoms with Crippen molar-refractivity contribution < 1.29 is 14.7 Å². The van der Waals surface area contributed by atoms with Crippen LogP contribution in [0.25, 0.3) is 0 Å². The highest BCUT2D eigenvalue weighted by Gasteiger charge is 2.26. The average Bonchev–Trinajstić information content (AvgIpc) is 2.95. The van der Waals surface area contributed by atoms with Crippen LogP contribution in [0.5, 0.6) is 0 Å². The van der Waals surface area contributed by atoms with Crippen molar-refractivity contribution in [2.75, 3.05) is 18.4 Å². The van der Waals surface area contributed by atoms with Crippen molar-refractivity contribution in [1.82, 2.24) is 14.7 Å². The van der Waals surface area contributed by atoms with Crippen LogP contribution in [0.3, 0.4) is 0 Å². The number of likely N-dealkylation sites (tertiary alicyclic amines) is 1. The number of carboxylic acids is 1. The van der Waals surface area contributed by atoms with Crippen LogP contribution in [0, 0.1) is 5.92 Å². The summed E-state index contributed by atoms with van der Waals surface area (Å²) in [6, 6.07) is -0.147. The van der Waals surface area contributed by atoms with Crippen LogP contribution in [0.4, 0.5) is 10.5 Å². The zero-order valence-corrected chi connectivity index (χ0v) is 10.9. The maximum Gasteiger partial charge on any atom is 0.321 e. The van der Waals surface area contributed by atoms with Gasteiger partial charge in [0.05, 0.1) is 11.9 Å². The molecule has 0 radical (unpaired) electrons. The number of nitrogens with zero attached hydrogens (tertiary/aromatic N) is 3. The predicted molar refractivity (Wildman–Crippen MR) is 68.8 cm³/mol. The van der Waals surface area contributed by atoms with Crippen LogP contribution < -0.4 is 5.32 Å². The maximum absolute atomic E-state index is 12.0. The highest BCUT2D eigenvalue weighted by molar-refractivity contribution is 5.89. The van der Waals surface area contributed by atoms with Gasteiger partial charge in [-0.3, -0.25) is 9.48 Å². The second kappa shape index (κ2) is 5.73. The van der Waals surface area contributed by atoms with Gasteiger partial charge in [-0.1, -0.05) is 0 Å². The summed E-state index contributed by atoms with van der Waals surface area (Å²) in [5.41, 5.74) is 0.668. The molecule has 1 saturated heterocycles. The second-order valence-corrected chi connectivity index (χ2v) is 4.87. The molecule has 19 heavy (non-hydrogen) atoms. The molecule has 2 N–H and O–H groups in total. The Kier molecular flexibility index (Phi) is 4.03. The number of aromatic nitrogens is 2. The Bertz CT molecular complexity index is 471. The number of carbonyl (C=O) groups is 2. The molecule has 0 spiro atoms. The topological polar surface area (TPSA) is 87.5 Å². The van der Waals surface area contributed by atoms with E-state index in [1.165, 1.54) is 0 Å². The van der Waals surface area contributed by atoms with Gasteiger partial charge in [0.15, 0.2) is 0 Å². The number of urea groups is 1. The smallest absolute Gasteiger partial charge is 0.321 e. The van der Waals surface area contributed by atoms with Crippen molar-refractivity contribution >= 4 is 17.7 Å². The van der Waals surface area contributed by atoms with Crippen molar-refractivity contribution in [1.29, 1.82) is 0 Å². The summed E-state index contributed by atoms with van der Waals surface area (Å²) < 4.78 is 1.62. The number of hydrogen-bond acceptors (Lipinski definition) is 3. The van der Waals surface area contributed by atoms with Crippen molar-refractivity contribution in [3.8, 4) is 0 Å². The fourth-order valence-corrected chi connectivity index (χ4v) is 2.27. The first kappa shape index (κ1) is 13.4. The zero-order chi connectivity index (χ0) is 13.8. The first-order valence-corrected chi connectivity index (χ1v) is 6.31. The summed E-state index contributed by atoms with van der Waals surface area (Å²) in [5, 5.41) is 15.4. The van der Waals surface area contributed by atoms with Gasteiger partial charge in [0, 0.05) is 32.8 Å². The van der Waals surface area contributed by atoms with Crippen LogP contribution in [-0.4, -0.2) is 44.9 Å². The van der Waals surface area contributed by atoms with Crippen molar-refractivity contribution in [2.45, 2.75) is 19.3 Å². The quantitative estimate of drug-likeness (QED) is 0.855. The first-order chi connectivity index (χ1) is 9.04. The van der Waals surface area contributed by atoms with Crippen LogP contribution >= 0.6 is 0 Å². The molecule has 2 rings (SSSR count). The minimum absolute atomic E-state index is 0.147. The molecular formula is C12H18N4O3. The van der Waals surface area contributed by atoms with E-state index in [1.54, 1.807) is 29.0 Å². The third-order valence-electron chi connectivity index (χ3n) is 3.30. The molecular weight excluding hydrogens is 248 g/mol. The lowest BCUT2D eigenvalue weighted by atomic mass is 10.0. The largest absolute Gasteiger partial charge is 0.481 e. The Labute approximate surface area is 111 Å². The normalized spacial score (nSPS) is 18.6. The summed E-state index contributed by atoms with van der Waals surface area (Å²) >= 11 is 0. The van der Waals surface area contributed by atoms with E-state index >= 15 is 0 Å². The number of carbonyl (C=O) groups excluding carboxylic acids is 1. The Hall–Kier alpha value is -2.05. The molecule has 1 atom stereocenters. The molecule has 2 amide bonds. The fraction of sp³-hybridized carbons (Fsp3) is 0.583. The molecule has 0 saturated carbocycles. The number of nitrogens with one attached hydrogen (secondary N) is 1. The average molecular weight is 266 g/mol. The van der Waals surface area contributed by atoms with E-state index < -0.39 is 5.97 Å². The molecule has 1 aliphatic heterocycles. The van der Waals surface area contributed by atoms with Gasteiger partial charge < -0.3 is 15.3 Å². The first-order valence-electron chi connectivity index (χ1n) is 6.31. The van der Waals surface area contributed by atoms with Crippen LogP contribution in [0.2, 0.25) is 0 Å². The van der Waals surface area contributed by atoms with Gasteiger partial charge in [0.25, 0.3) is 0 Å². The highest BCUT2D eigenvalue weighted by atomic mass is 16.4. The molecule has 2 heterocycles. The van der Waals surface area contributed by atoms with Gasteiger partial charge >= 0.3 is 12.0 Å². The molecule has 0 aliphatic carbocycles. The van der Waals surface area contributed by atoms with E-state index in [1.807, 2.05) is 0 Å². The lowest BCUT2D eigenvalue weighted by molar-refractivity contribution is -0.137. The Morgan fingerprint density at radius 2 is 2.37 bits per heavy atom. The number of amides is 2. The van der Waals surface area contributed by atoms with Crippen molar-refractivity contribution in [3.63, 3.8) is 0 Å². The van der Waals surface area contributed by atoms with E-state index in [0.29, 0.717) is 25.2 Å². The number of aliphatic carboxylic acids is 1. The number of aryl methyl sites for hydroxylation is 1. The molecule has 7 heteroatoms. The van der Waals surface area contributed by atoms with Gasteiger partial charge in [-0.15, -0.1) is 0 Å². The Balaban J connectivity index is 1.80. The van der Waals surface area contributed by atoms with Gasteiger partial charge in [-0.25, -0.2) is 4.79 Å². The van der Waals surface area contributed by atoms with Crippen LogP contribution in [-0.2, 0) is 11.8 Å². The predicted octanol–water partition coefficient (Wildman–Crippen LogP) is 1.14. The molecule has 1 fully saturated rings. The second-order valence-electron chi connectivity index (χ2n) is 4.87. The molecule has 1 unspecified atom stereocenters. The lowest BCUT2D eigenvalue weighted by Crippen LogP contribution is -2.32. The highest BCUT2D eigenvalue weighted by Crippen LogP contribution is 2.21. The minimum atomic E-state index is -0.779. The van der Waals surface area contributed by atoms with E-state index in [2.05, 4.69) is 10.4 Å². The summed E-state index contributed by atoms with van der Waals surface area (Å²) in [6.45, 7) is 1.30. The third-order valence-corrected chi connectivity index (χ3v) is 3.30. The molecule has 104 valence electrons. The van der Waals surface area contributed by atoms with Crippen LogP contribution in [0.1, 0.15) is 19.3 Å². The van der Waals surface area contributed by atoms with E-state index in [-0.39, 0.29) is 18.4 Å². The minimum Gasteiger partial charge on any atom is -0.481 e. The fourth-order valence-electron chi connectivity index (χ4n) is 2.27. The summed E-state index contributed by atoms with van der Waals surface area (Å²) in [6.07, 6.45) is 4.99. The number of carboxylic acid groups (broad SMARTS) is 1.